The molecule has 0 N–H and O–H groups in total. The van der Waals surface area contributed by atoms with E-state index >= 15 is 0 Å². The van der Waals surface area contributed by atoms with Gasteiger partial charge in [-0.2, -0.15) is 10.5 Å². The number of nitrogens with zero attached hydrogens (tertiary/aromatic N) is 2. The van der Waals surface area contributed by atoms with Crippen LogP contribution in [0.5, 0.6) is 0 Å². The van der Waals surface area contributed by atoms with E-state index in [4.69, 9.17) is 14.6 Å². The van der Waals surface area contributed by atoms with Gasteiger partial charge in [0.1, 0.15) is 0 Å². The van der Waals surface area contributed by atoms with E-state index in [2.05, 4.69) is 0 Å². The van der Waals surface area contributed by atoms with Crippen molar-refractivity contribution in [3.63, 3.8) is 0 Å². The maximum Gasteiger partial charge on any atom is 1.00 e. The number of rotatable bonds is 8. The van der Waals surface area contributed by atoms with Gasteiger partial charge in [0, 0.05) is 12.8 Å². The van der Waals surface area contributed by atoms with Crippen molar-refractivity contribution in [1.82, 2.24) is 0 Å². The zero-order chi connectivity index (χ0) is 13.4. The molecule has 0 fully saturated rings. The number of hydrogen-bond acceptors (Lipinski definition) is 5. The Balaban J connectivity index is -0.00000128. The van der Waals surface area contributed by atoms with Gasteiger partial charge in [-0.25, -0.2) is 0 Å². The zero-order valence-electron chi connectivity index (χ0n) is 12.4. The van der Waals surface area contributed by atoms with Gasteiger partial charge < -0.3 is 13.7 Å². The zero-order valence-corrected chi connectivity index (χ0v) is 14.4. The molecule has 0 aromatic rings. The third-order valence-electron chi connectivity index (χ3n) is 2.27. The molecule has 2 atom stereocenters. The summed E-state index contributed by atoms with van der Waals surface area (Å²) in [7, 11) is -6.34. The second-order valence-corrected chi connectivity index (χ2v) is 10.7. The molecule has 0 aromatic carbocycles. The molecule has 19 heavy (non-hydrogen) atoms. The van der Waals surface area contributed by atoms with E-state index in [1.54, 1.807) is 0 Å². The molecule has 96 valence electrons. The molecule has 0 saturated carbocycles. The molecular weight excluding hydrogens is 266 g/mol. The monoisotopic (exact) mass is 284 g/mol. The summed E-state index contributed by atoms with van der Waals surface area (Å²) < 4.78 is 5.27. The van der Waals surface area contributed by atoms with Crippen LogP contribution in [0.15, 0.2) is 0 Å². The van der Waals surface area contributed by atoms with Gasteiger partial charge in [-0.1, -0.05) is 13.1 Å². The topological polar surface area (TPSA) is 103 Å². The average Bonchev–Trinajstić information content (AvgIpc) is 2.16. The predicted molar refractivity (Wildman–Crippen MR) is 63.6 cm³/mol. The van der Waals surface area contributed by atoms with Crippen LogP contribution >= 0.6 is 0 Å². The summed E-state index contributed by atoms with van der Waals surface area (Å²) in [5, 5.41) is 16.8. The summed E-state index contributed by atoms with van der Waals surface area (Å²) in [6.07, 6.45) is 1.68. The van der Waals surface area contributed by atoms with E-state index in [0.29, 0.717) is 37.8 Å². The summed E-state index contributed by atoms with van der Waals surface area (Å²) in [6.45, 7) is 2.97. The Morgan fingerprint density at radius 1 is 0.895 bits per heavy atom. The van der Waals surface area contributed by atoms with Crippen LogP contribution in [0.1, 0.15) is 25.7 Å². The normalized spacial score (nSPS) is 15.7. The summed E-state index contributed by atoms with van der Waals surface area (Å²) >= 11 is 0. The van der Waals surface area contributed by atoms with Gasteiger partial charge in [0.25, 0.3) is 0 Å². The van der Waals surface area contributed by atoms with Crippen LogP contribution in [0.4, 0.5) is 0 Å². The van der Waals surface area contributed by atoms with Gasteiger partial charge in [-0.15, -0.1) is 0 Å². The third-order valence-corrected chi connectivity index (χ3v) is 8.25. The Kier molecular flexibility index (Phi) is 15.8. The van der Waals surface area contributed by atoms with Crippen molar-refractivity contribution < 1.29 is 51.4 Å². The molecule has 0 bridgehead atoms. The third kappa shape index (κ3) is 14.7. The Labute approximate surface area is 141 Å². The van der Waals surface area contributed by atoms with Crippen LogP contribution in [0, 0.1) is 22.7 Å². The molecular formula is C10H18Li2N2O3Si2. The fourth-order valence-electron chi connectivity index (χ4n) is 1.54. The van der Waals surface area contributed by atoms with Gasteiger partial charge in [-0.05, 0) is 24.9 Å². The Morgan fingerprint density at radius 2 is 1.21 bits per heavy atom. The first-order valence-corrected chi connectivity index (χ1v) is 10.7. The molecule has 0 aliphatic rings. The molecule has 0 aliphatic carbocycles. The molecule has 5 nitrogen and oxygen atoms in total. The van der Waals surface area contributed by atoms with Gasteiger partial charge in [0.2, 0.25) is 0 Å². The molecule has 0 aliphatic heterocycles. The van der Waals surface area contributed by atoms with Crippen molar-refractivity contribution in [2.45, 2.75) is 50.9 Å². The smallest absolute Gasteiger partial charge is 0.839 e. The summed E-state index contributed by atoms with van der Waals surface area (Å²) in [5.41, 5.74) is 0. The van der Waals surface area contributed by atoms with E-state index in [1.807, 2.05) is 12.1 Å². The minimum atomic E-state index is -3.17. The summed E-state index contributed by atoms with van der Waals surface area (Å²) in [4.78, 5) is 24.0. The summed E-state index contributed by atoms with van der Waals surface area (Å²) in [6, 6.07) is 4.56. The Morgan fingerprint density at radius 3 is 1.47 bits per heavy atom. The SMILES string of the molecule is C[Si]([O-])(CCCC#N)O[Si](C)([O-])CCCC#N.[Li+].[Li+]. The molecule has 0 rings (SSSR count). The average molecular weight is 284 g/mol. The Hall–Kier alpha value is 0.489. The second kappa shape index (κ2) is 12.2. The van der Waals surface area contributed by atoms with E-state index in [9.17, 15) is 9.59 Å². The minimum Gasteiger partial charge on any atom is -0.839 e. The van der Waals surface area contributed by atoms with Crippen molar-refractivity contribution in [1.29, 1.82) is 10.5 Å². The maximum atomic E-state index is 12.0. The second-order valence-electron chi connectivity index (χ2n) is 4.39. The molecule has 0 saturated heterocycles. The molecule has 2 unspecified atom stereocenters. The van der Waals surface area contributed by atoms with Crippen molar-refractivity contribution in [2.75, 3.05) is 0 Å². The van der Waals surface area contributed by atoms with E-state index in [-0.39, 0.29) is 37.7 Å². The van der Waals surface area contributed by atoms with Crippen LogP contribution in [0.25, 0.3) is 0 Å². The molecule has 0 spiro atoms. The van der Waals surface area contributed by atoms with Crippen LogP contribution in [0.2, 0.25) is 25.2 Å². The molecule has 9 heteroatoms. The molecule has 0 amide bonds. The first kappa shape index (κ1) is 24.5. The number of nitriles is 2. The van der Waals surface area contributed by atoms with Crippen LogP contribution in [-0.2, 0) is 4.12 Å². The standard InChI is InChI=1S/C10H18N2O3Si2.2Li/c1-16(13,9-5-3-7-11)15-17(2,14)10-6-4-8-12;;/h3-6,9-10H2,1-2H3;;/q-2;2*+1. The van der Waals surface area contributed by atoms with Gasteiger partial charge in [-0.3, -0.25) is 0 Å². The van der Waals surface area contributed by atoms with Crippen molar-refractivity contribution in [2.24, 2.45) is 0 Å². The van der Waals surface area contributed by atoms with Crippen LogP contribution in [0.3, 0.4) is 0 Å². The fourth-order valence-corrected chi connectivity index (χ4v) is 7.64. The predicted octanol–water partition coefficient (Wildman–Crippen LogP) is -5.52. The van der Waals surface area contributed by atoms with Gasteiger partial charge in [0.05, 0.1) is 29.3 Å². The van der Waals surface area contributed by atoms with Crippen molar-refractivity contribution in [3.05, 3.63) is 0 Å². The van der Waals surface area contributed by atoms with Crippen molar-refractivity contribution >= 4 is 17.1 Å². The van der Waals surface area contributed by atoms with E-state index in [1.165, 1.54) is 13.1 Å². The summed E-state index contributed by atoms with van der Waals surface area (Å²) in [5.74, 6) is 0. The van der Waals surface area contributed by atoms with Crippen LogP contribution in [-0.4, -0.2) is 17.1 Å². The minimum absolute atomic E-state index is 0. The van der Waals surface area contributed by atoms with Gasteiger partial charge in [0.15, 0.2) is 0 Å². The fraction of sp³-hybridized carbons (Fsp3) is 0.800. The quantitative estimate of drug-likeness (QED) is 0.327. The van der Waals surface area contributed by atoms with Crippen LogP contribution < -0.4 is 47.3 Å². The van der Waals surface area contributed by atoms with Crippen molar-refractivity contribution in [3.8, 4) is 12.1 Å². The maximum absolute atomic E-state index is 12.0. The first-order chi connectivity index (χ1) is 7.83. The first-order valence-electron chi connectivity index (χ1n) is 5.68. The van der Waals surface area contributed by atoms with Gasteiger partial charge >= 0.3 is 37.7 Å². The number of hydrogen-bond donors (Lipinski definition) is 0. The van der Waals surface area contributed by atoms with E-state index < -0.39 is 17.1 Å². The molecule has 0 aromatic heterocycles. The largest absolute Gasteiger partial charge is 1.00 e. The molecule has 0 heterocycles. The number of unbranched alkanes of at least 4 members (excludes halogenated alkanes) is 2. The Bertz CT molecular complexity index is 287. The molecule has 0 radical (unpaired) electrons. The van der Waals surface area contributed by atoms with E-state index in [0.717, 1.165) is 0 Å².